The topological polar surface area (TPSA) is 120 Å². The smallest absolute Gasteiger partial charge is 0.232 e. The molecule has 204 valence electrons. The SMILES string of the molecule is CCCS(=O)(=O)Nc1ccc(F)c(C(=O)c2c[nH]c3ncnc(N(Cc4ccccc4)C4CCNC4)c23)c1F. The fourth-order valence-electron chi connectivity index (χ4n) is 4.87. The molecule has 0 bridgehead atoms. The molecule has 1 atom stereocenters. The van der Waals surface area contributed by atoms with E-state index in [1.807, 2.05) is 30.3 Å². The molecule has 1 saturated heterocycles. The first kappa shape index (κ1) is 26.7. The molecule has 0 spiro atoms. The fourth-order valence-corrected chi connectivity index (χ4v) is 6.00. The average Bonchev–Trinajstić information content (AvgIpc) is 3.60. The summed E-state index contributed by atoms with van der Waals surface area (Å²) in [6.07, 6.45) is 3.88. The maximum atomic E-state index is 15.5. The summed E-state index contributed by atoms with van der Waals surface area (Å²) in [5.41, 5.74) is -0.000472. The van der Waals surface area contributed by atoms with Crippen molar-refractivity contribution in [2.75, 3.05) is 28.5 Å². The quantitative estimate of drug-likeness (QED) is 0.254. The predicted molar refractivity (Wildman–Crippen MR) is 145 cm³/mol. The molecule has 0 amide bonds. The number of aromatic nitrogens is 3. The van der Waals surface area contributed by atoms with Crippen LogP contribution in [0.5, 0.6) is 0 Å². The van der Waals surface area contributed by atoms with Crippen LogP contribution in [-0.4, -0.2) is 54.0 Å². The second-order valence-corrected chi connectivity index (χ2v) is 11.3. The van der Waals surface area contributed by atoms with Gasteiger partial charge in [-0.25, -0.2) is 27.2 Å². The number of rotatable bonds is 10. The number of nitrogens with zero attached hydrogens (tertiary/aromatic N) is 3. The Kier molecular flexibility index (Phi) is 7.58. The Morgan fingerprint density at radius 1 is 1.15 bits per heavy atom. The van der Waals surface area contributed by atoms with Crippen molar-refractivity contribution in [1.82, 2.24) is 20.3 Å². The maximum absolute atomic E-state index is 15.5. The van der Waals surface area contributed by atoms with Gasteiger partial charge < -0.3 is 15.2 Å². The van der Waals surface area contributed by atoms with E-state index < -0.39 is 38.7 Å². The lowest BCUT2D eigenvalue weighted by atomic mass is 10.0. The molecule has 1 aliphatic heterocycles. The van der Waals surface area contributed by atoms with E-state index in [-0.39, 0.29) is 17.4 Å². The molecule has 0 aliphatic carbocycles. The van der Waals surface area contributed by atoms with Crippen molar-refractivity contribution in [1.29, 1.82) is 0 Å². The summed E-state index contributed by atoms with van der Waals surface area (Å²) in [6, 6.07) is 11.7. The van der Waals surface area contributed by atoms with Gasteiger partial charge in [0.15, 0.2) is 5.82 Å². The molecule has 1 aliphatic rings. The van der Waals surface area contributed by atoms with Crippen molar-refractivity contribution in [3.8, 4) is 0 Å². The Labute approximate surface area is 224 Å². The highest BCUT2D eigenvalue weighted by Gasteiger charge is 2.30. The minimum atomic E-state index is -3.87. The second kappa shape index (κ2) is 11.1. The van der Waals surface area contributed by atoms with Gasteiger partial charge in [-0.15, -0.1) is 0 Å². The van der Waals surface area contributed by atoms with Crippen molar-refractivity contribution in [2.45, 2.75) is 32.4 Å². The first-order valence-corrected chi connectivity index (χ1v) is 14.3. The van der Waals surface area contributed by atoms with Crippen molar-refractivity contribution >= 4 is 38.3 Å². The Morgan fingerprint density at radius 3 is 2.67 bits per heavy atom. The minimum absolute atomic E-state index is 0.0176. The van der Waals surface area contributed by atoms with Crippen LogP contribution in [0.3, 0.4) is 0 Å². The lowest BCUT2D eigenvalue weighted by molar-refractivity contribution is 0.103. The molecule has 0 radical (unpaired) electrons. The number of carbonyl (C=O) groups is 1. The van der Waals surface area contributed by atoms with Gasteiger partial charge in [-0.2, -0.15) is 0 Å². The number of sulfonamides is 1. The molecular weight excluding hydrogens is 526 g/mol. The standard InChI is InChI=1S/C27H28F2N6O3S/c1-2-12-39(37,38)34-21-9-8-20(28)23(24(21)29)25(36)19-14-31-26-22(19)27(33-16-32-26)35(18-10-11-30-13-18)15-17-6-4-3-5-7-17/h3-9,14,16,18,30,34H,2,10-13,15H2,1H3,(H,31,32,33). The third-order valence-electron chi connectivity index (χ3n) is 6.69. The van der Waals surface area contributed by atoms with E-state index >= 15 is 4.39 Å². The van der Waals surface area contributed by atoms with Gasteiger partial charge in [-0.05, 0) is 37.1 Å². The number of aromatic amines is 1. The monoisotopic (exact) mass is 554 g/mol. The largest absolute Gasteiger partial charge is 0.347 e. The van der Waals surface area contributed by atoms with Crippen molar-refractivity contribution in [3.63, 3.8) is 0 Å². The van der Waals surface area contributed by atoms with E-state index in [0.29, 0.717) is 36.4 Å². The van der Waals surface area contributed by atoms with E-state index in [0.717, 1.165) is 30.7 Å². The third-order valence-corrected chi connectivity index (χ3v) is 8.17. The van der Waals surface area contributed by atoms with Gasteiger partial charge in [0.05, 0.1) is 28.0 Å². The lowest BCUT2D eigenvalue weighted by Gasteiger charge is -2.30. The second-order valence-electron chi connectivity index (χ2n) is 9.42. The van der Waals surface area contributed by atoms with Crippen LogP contribution < -0.4 is 14.9 Å². The Hall–Kier alpha value is -3.90. The molecule has 2 aromatic heterocycles. The fraction of sp³-hybridized carbons (Fsp3) is 0.296. The first-order valence-electron chi connectivity index (χ1n) is 12.7. The molecule has 1 fully saturated rings. The molecule has 9 nitrogen and oxygen atoms in total. The van der Waals surface area contributed by atoms with Crippen LogP contribution in [0.1, 0.15) is 41.3 Å². The zero-order valence-electron chi connectivity index (χ0n) is 21.2. The number of hydrogen-bond acceptors (Lipinski definition) is 7. The normalized spacial score (nSPS) is 15.5. The highest BCUT2D eigenvalue weighted by Crippen LogP contribution is 2.33. The summed E-state index contributed by atoms with van der Waals surface area (Å²) in [4.78, 5) is 27.5. The van der Waals surface area contributed by atoms with Gasteiger partial charge in [0.25, 0.3) is 0 Å². The van der Waals surface area contributed by atoms with E-state index in [9.17, 15) is 17.6 Å². The molecule has 4 aromatic rings. The molecular formula is C27H28F2N6O3S. The molecule has 1 unspecified atom stereocenters. The number of fused-ring (bicyclic) bond motifs is 1. The molecule has 3 heterocycles. The number of anilines is 2. The molecule has 12 heteroatoms. The Balaban J connectivity index is 1.60. The maximum Gasteiger partial charge on any atom is 0.232 e. The Morgan fingerprint density at radius 2 is 1.95 bits per heavy atom. The molecule has 0 saturated carbocycles. The van der Waals surface area contributed by atoms with E-state index in [1.54, 1.807) is 6.92 Å². The summed E-state index contributed by atoms with van der Waals surface area (Å²) in [7, 11) is -3.87. The zero-order valence-corrected chi connectivity index (χ0v) is 22.1. The van der Waals surface area contributed by atoms with E-state index in [1.165, 1.54) is 12.5 Å². The minimum Gasteiger partial charge on any atom is -0.347 e. The molecule has 5 rings (SSSR count). The number of H-pyrrole nitrogens is 1. The van der Waals surface area contributed by atoms with Crippen molar-refractivity contribution in [3.05, 3.63) is 83.3 Å². The van der Waals surface area contributed by atoms with Gasteiger partial charge in [0.1, 0.15) is 23.6 Å². The summed E-state index contributed by atoms with van der Waals surface area (Å²) in [6.45, 7) is 3.68. The number of benzene rings is 2. The summed E-state index contributed by atoms with van der Waals surface area (Å²) < 4.78 is 57.0. The van der Waals surface area contributed by atoms with Gasteiger partial charge in [-0.1, -0.05) is 37.3 Å². The van der Waals surface area contributed by atoms with Crippen molar-refractivity contribution < 1.29 is 22.0 Å². The number of halogens is 2. The van der Waals surface area contributed by atoms with Crippen LogP contribution >= 0.6 is 0 Å². The molecule has 2 aromatic carbocycles. The number of hydrogen-bond donors (Lipinski definition) is 3. The highest BCUT2D eigenvalue weighted by atomic mass is 32.2. The first-order chi connectivity index (χ1) is 18.8. The summed E-state index contributed by atoms with van der Waals surface area (Å²) >= 11 is 0. The molecule has 3 N–H and O–H groups in total. The van der Waals surface area contributed by atoms with Gasteiger partial charge >= 0.3 is 0 Å². The van der Waals surface area contributed by atoms with Crippen LogP contribution in [-0.2, 0) is 16.6 Å². The van der Waals surface area contributed by atoms with Crippen LogP contribution in [0.2, 0.25) is 0 Å². The summed E-state index contributed by atoms with van der Waals surface area (Å²) in [5, 5.41) is 3.68. The average molecular weight is 555 g/mol. The summed E-state index contributed by atoms with van der Waals surface area (Å²) in [5.74, 6) is -3.13. The number of ketones is 1. The van der Waals surface area contributed by atoms with E-state index in [4.69, 9.17) is 0 Å². The van der Waals surface area contributed by atoms with Gasteiger partial charge in [0, 0.05) is 25.3 Å². The van der Waals surface area contributed by atoms with Gasteiger partial charge in [0.2, 0.25) is 15.8 Å². The molecule has 39 heavy (non-hydrogen) atoms. The third kappa shape index (κ3) is 5.48. The van der Waals surface area contributed by atoms with Crippen LogP contribution in [0.25, 0.3) is 11.0 Å². The van der Waals surface area contributed by atoms with Crippen LogP contribution in [0.4, 0.5) is 20.3 Å². The number of carbonyl (C=O) groups excluding carboxylic acids is 1. The Bertz CT molecular complexity index is 1600. The van der Waals surface area contributed by atoms with E-state index in [2.05, 4.69) is 29.9 Å². The predicted octanol–water partition coefficient (Wildman–Crippen LogP) is 3.99. The van der Waals surface area contributed by atoms with Crippen LogP contribution in [0, 0.1) is 11.6 Å². The number of nitrogens with one attached hydrogen (secondary N) is 3. The lowest BCUT2D eigenvalue weighted by Crippen LogP contribution is -2.37. The zero-order chi connectivity index (χ0) is 27.6. The van der Waals surface area contributed by atoms with Gasteiger partial charge in [-0.3, -0.25) is 9.52 Å². The van der Waals surface area contributed by atoms with Crippen molar-refractivity contribution in [2.24, 2.45) is 0 Å². The highest BCUT2D eigenvalue weighted by molar-refractivity contribution is 7.92. The van der Waals surface area contributed by atoms with Crippen LogP contribution in [0.15, 0.2) is 55.0 Å².